The molecule has 1 saturated carbocycles. The molecule has 8 nitrogen and oxygen atoms in total. The number of nitrogens with one attached hydrogen (secondary N) is 2. The Kier molecular flexibility index (Phi) is 4.87. The molecule has 0 radical (unpaired) electrons. The highest BCUT2D eigenvalue weighted by molar-refractivity contribution is 6.04. The monoisotopic (exact) mass is 389 g/mol. The summed E-state index contributed by atoms with van der Waals surface area (Å²) in [5, 5.41) is 9.91. The lowest BCUT2D eigenvalue weighted by molar-refractivity contribution is -0.117. The van der Waals surface area contributed by atoms with Crippen molar-refractivity contribution in [2.75, 3.05) is 10.6 Å². The Morgan fingerprint density at radius 1 is 1.21 bits per heavy atom. The lowest BCUT2D eigenvalue weighted by Gasteiger charge is -2.09. The van der Waals surface area contributed by atoms with Gasteiger partial charge in [0.05, 0.1) is 6.20 Å². The van der Waals surface area contributed by atoms with E-state index in [0.717, 1.165) is 18.4 Å². The number of carbonyl (C=O) groups excluding carboxylic acids is 2. The Morgan fingerprint density at radius 3 is 2.79 bits per heavy atom. The lowest BCUT2D eigenvalue weighted by atomic mass is 10.2. The maximum Gasteiger partial charge on any atom is 0.300 e. The van der Waals surface area contributed by atoms with Gasteiger partial charge in [-0.25, -0.2) is 9.50 Å². The van der Waals surface area contributed by atoms with Crippen molar-refractivity contribution in [2.45, 2.75) is 26.7 Å². The molecule has 0 unspecified atom stereocenters. The zero-order chi connectivity index (χ0) is 20.4. The zero-order valence-electron chi connectivity index (χ0n) is 16.0. The first-order valence-electron chi connectivity index (χ1n) is 9.21. The molecule has 3 aromatic rings. The second kappa shape index (κ2) is 7.64. The summed E-state index contributed by atoms with van der Waals surface area (Å²) in [5.74, 6) is 6.05. The van der Waals surface area contributed by atoms with Crippen molar-refractivity contribution >= 4 is 29.0 Å². The van der Waals surface area contributed by atoms with Gasteiger partial charge < -0.3 is 15.4 Å². The maximum absolute atomic E-state index is 11.9. The van der Waals surface area contributed by atoms with Crippen molar-refractivity contribution in [3.8, 4) is 23.5 Å². The number of rotatable bonds is 5. The van der Waals surface area contributed by atoms with Crippen LogP contribution in [0.5, 0.6) is 11.6 Å². The number of carbonyl (C=O) groups is 2. The van der Waals surface area contributed by atoms with Crippen molar-refractivity contribution in [3.63, 3.8) is 0 Å². The average molecular weight is 389 g/mol. The van der Waals surface area contributed by atoms with E-state index in [2.05, 4.69) is 32.6 Å². The van der Waals surface area contributed by atoms with Gasteiger partial charge in [-0.1, -0.05) is 12.0 Å². The molecule has 0 spiro atoms. The van der Waals surface area contributed by atoms with E-state index in [4.69, 9.17) is 4.74 Å². The summed E-state index contributed by atoms with van der Waals surface area (Å²) >= 11 is 0. The number of aryl methyl sites for hydroxylation is 1. The Labute approximate surface area is 167 Å². The van der Waals surface area contributed by atoms with Crippen LogP contribution < -0.4 is 15.4 Å². The quantitative estimate of drug-likeness (QED) is 0.654. The molecule has 146 valence electrons. The van der Waals surface area contributed by atoms with Crippen LogP contribution in [0.25, 0.3) is 5.65 Å². The predicted octanol–water partition coefficient (Wildman–Crippen LogP) is 3.14. The van der Waals surface area contributed by atoms with Crippen LogP contribution in [0.15, 0.2) is 36.5 Å². The number of fused-ring (bicyclic) bond motifs is 1. The van der Waals surface area contributed by atoms with E-state index in [-0.39, 0.29) is 17.7 Å². The van der Waals surface area contributed by atoms with Crippen molar-refractivity contribution in [1.82, 2.24) is 14.6 Å². The van der Waals surface area contributed by atoms with Crippen LogP contribution in [0, 0.1) is 24.7 Å². The summed E-state index contributed by atoms with van der Waals surface area (Å²) in [6.07, 6.45) is 3.51. The third-order valence-corrected chi connectivity index (χ3v) is 4.41. The zero-order valence-corrected chi connectivity index (χ0v) is 16.0. The Bertz CT molecular complexity index is 1170. The minimum Gasteiger partial charge on any atom is -0.438 e. The van der Waals surface area contributed by atoms with E-state index in [1.165, 1.54) is 0 Å². The number of amides is 2. The molecule has 29 heavy (non-hydrogen) atoms. The molecule has 2 amide bonds. The largest absolute Gasteiger partial charge is 0.438 e. The standard InChI is InChI=1S/C21H19N5O3/c1-3-4-19(27)22-16-11-15(8-5-13(16)2)29-20-10-9-18-23-17(12-26(18)25-20)24-21(28)14-6-7-14/h5,8-12,14H,6-7H2,1-2H3,(H,22,27)(H,24,28). The number of hydrogen-bond donors (Lipinski definition) is 2. The normalized spacial score (nSPS) is 12.8. The van der Waals surface area contributed by atoms with Crippen LogP contribution in [0.2, 0.25) is 0 Å². The molecule has 0 atom stereocenters. The molecule has 1 fully saturated rings. The number of anilines is 2. The van der Waals surface area contributed by atoms with E-state index in [0.29, 0.717) is 28.8 Å². The summed E-state index contributed by atoms with van der Waals surface area (Å²) < 4.78 is 7.38. The maximum atomic E-state index is 11.9. The van der Waals surface area contributed by atoms with Crippen LogP contribution in [0.4, 0.5) is 11.5 Å². The number of ether oxygens (including phenoxy) is 1. The topological polar surface area (TPSA) is 97.6 Å². The van der Waals surface area contributed by atoms with Gasteiger partial charge in [0.25, 0.3) is 5.91 Å². The molecule has 0 bridgehead atoms. The molecule has 1 aliphatic carbocycles. The summed E-state index contributed by atoms with van der Waals surface area (Å²) in [5.41, 5.74) is 2.10. The van der Waals surface area contributed by atoms with Gasteiger partial charge in [-0.15, -0.1) is 5.10 Å². The van der Waals surface area contributed by atoms with E-state index >= 15 is 0 Å². The van der Waals surface area contributed by atoms with E-state index in [9.17, 15) is 9.59 Å². The first kappa shape index (κ1) is 18.5. The van der Waals surface area contributed by atoms with Crippen LogP contribution in [-0.2, 0) is 9.59 Å². The average Bonchev–Trinajstić information content (AvgIpc) is 3.46. The van der Waals surface area contributed by atoms with Gasteiger partial charge in [0.15, 0.2) is 11.5 Å². The lowest BCUT2D eigenvalue weighted by Crippen LogP contribution is -2.13. The summed E-state index contributed by atoms with van der Waals surface area (Å²) in [4.78, 5) is 28.0. The van der Waals surface area contributed by atoms with E-state index in [1.54, 1.807) is 41.9 Å². The fraction of sp³-hybridized carbons (Fsp3) is 0.238. The highest BCUT2D eigenvalue weighted by atomic mass is 16.5. The molecular weight excluding hydrogens is 370 g/mol. The van der Waals surface area contributed by atoms with Gasteiger partial charge in [0.1, 0.15) is 5.75 Å². The smallest absolute Gasteiger partial charge is 0.300 e. The molecular formula is C21H19N5O3. The summed E-state index contributed by atoms with van der Waals surface area (Å²) in [7, 11) is 0. The third-order valence-electron chi connectivity index (χ3n) is 4.41. The minimum absolute atomic E-state index is 0.00752. The first-order chi connectivity index (χ1) is 14.0. The highest BCUT2D eigenvalue weighted by Crippen LogP contribution is 2.30. The fourth-order valence-corrected chi connectivity index (χ4v) is 2.74. The SMILES string of the molecule is CC#CC(=O)Nc1cc(Oc2ccc3nc(NC(=O)C4CC4)cn3n2)ccc1C. The highest BCUT2D eigenvalue weighted by Gasteiger charge is 2.30. The van der Waals surface area contributed by atoms with Gasteiger partial charge in [-0.05, 0) is 50.3 Å². The predicted molar refractivity (Wildman–Crippen MR) is 108 cm³/mol. The van der Waals surface area contributed by atoms with Crippen molar-refractivity contribution in [3.05, 3.63) is 42.1 Å². The van der Waals surface area contributed by atoms with Gasteiger partial charge in [0, 0.05) is 23.7 Å². The van der Waals surface area contributed by atoms with Gasteiger partial charge in [0.2, 0.25) is 11.8 Å². The molecule has 8 heteroatoms. The van der Waals surface area contributed by atoms with Crippen molar-refractivity contribution in [1.29, 1.82) is 0 Å². The Morgan fingerprint density at radius 2 is 2.03 bits per heavy atom. The van der Waals surface area contributed by atoms with Crippen LogP contribution in [0.1, 0.15) is 25.3 Å². The van der Waals surface area contributed by atoms with Gasteiger partial charge in [-0.2, -0.15) is 0 Å². The molecule has 2 N–H and O–H groups in total. The van der Waals surface area contributed by atoms with Crippen LogP contribution in [-0.4, -0.2) is 26.4 Å². The van der Waals surface area contributed by atoms with E-state index < -0.39 is 0 Å². The van der Waals surface area contributed by atoms with Crippen molar-refractivity contribution < 1.29 is 14.3 Å². The fourth-order valence-electron chi connectivity index (χ4n) is 2.74. The van der Waals surface area contributed by atoms with Crippen LogP contribution in [0.3, 0.4) is 0 Å². The third kappa shape index (κ3) is 4.35. The molecule has 2 aromatic heterocycles. The van der Waals surface area contributed by atoms with Gasteiger partial charge >= 0.3 is 0 Å². The first-order valence-corrected chi connectivity index (χ1v) is 9.21. The van der Waals surface area contributed by atoms with E-state index in [1.807, 2.05) is 13.0 Å². The second-order valence-corrected chi connectivity index (χ2v) is 6.77. The summed E-state index contributed by atoms with van der Waals surface area (Å²) in [6, 6.07) is 8.78. The number of imidazole rings is 1. The molecule has 1 aromatic carbocycles. The second-order valence-electron chi connectivity index (χ2n) is 6.77. The number of aromatic nitrogens is 3. The Hall–Kier alpha value is -3.86. The molecule has 4 rings (SSSR count). The number of benzene rings is 1. The van der Waals surface area contributed by atoms with Gasteiger partial charge in [-0.3, -0.25) is 9.59 Å². The number of hydrogen-bond acceptors (Lipinski definition) is 5. The van der Waals surface area contributed by atoms with Crippen molar-refractivity contribution in [2.24, 2.45) is 5.92 Å². The molecule has 2 heterocycles. The molecule has 0 saturated heterocycles. The minimum atomic E-state index is -0.383. The number of nitrogens with zero attached hydrogens (tertiary/aromatic N) is 3. The molecule has 1 aliphatic rings. The summed E-state index contributed by atoms with van der Waals surface area (Å²) in [6.45, 7) is 3.48. The Balaban J connectivity index is 1.51. The van der Waals surface area contributed by atoms with Crippen LogP contribution >= 0.6 is 0 Å². The molecule has 0 aliphatic heterocycles.